The van der Waals surface area contributed by atoms with Crippen LogP contribution in [0.15, 0.2) is 30.3 Å². The van der Waals surface area contributed by atoms with Gasteiger partial charge in [-0.1, -0.05) is 49.6 Å². The molecular formula is C22H27F3N2O2. The first-order chi connectivity index (χ1) is 13.8. The molecule has 4 rings (SSSR count). The topological polar surface area (TPSA) is 40.6 Å². The van der Waals surface area contributed by atoms with E-state index in [0.29, 0.717) is 12.8 Å². The Morgan fingerprint density at radius 1 is 1.03 bits per heavy atom. The van der Waals surface area contributed by atoms with Crippen LogP contribution in [-0.4, -0.2) is 46.9 Å². The molecule has 1 atom stereocenters. The second kappa shape index (κ2) is 7.65. The van der Waals surface area contributed by atoms with Crippen LogP contribution in [0.2, 0.25) is 0 Å². The first-order valence-electron chi connectivity index (χ1n) is 10.5. The predicted octanol–water partition coefficient (Wildman–Crippen LogP) is 4.46. The Labute approximate surface area is 169 Å². The van der Waals surface area contributed by atoms with Crippen LogP contribution in [0.4, 0.5) is 13.2 Å². The molecule has 2 saturated heterocycles. The molecule has 158 valence electrons. The monoisotopic (exact) mass is 408 g/mol. The molecule has 0 aromatic heterocycles. The standard InChI is InChI=1S/C22H27F3N2O2/c23-22(24,25)15-18(28)26-13-9-17(10-14-26)27-19(16-7-3-1-4-8-16)21(20(27)29)11-5-2-6-12-21/h1,3-4,7-8,17,19H,2,5-6,9-15H2. The van der Waals surface area contributed by atoms with Gasteiger partial charge in [-0.05, 0) is 31.2 Å². The molecule has 1 aliphatic carbocycles. The van der Waals surface area contributed by atoms with Crippen molar-refractivity contribution in [3.05, 3.63) is 35.9 Å². The fourth-order valence-electron chi connectivity index (χ4n) is 5.53. The maximum absolute atomic E-state index is 13.3. The summed E-state index contributed by atoms with van der Waals surface area (Å²) in [6.07, 6.45) is 0.291. The van der Waals surface area contributed by atoms with Crippen molar-refractivity contribution < 1.29 is 22.8 Å². The van der Waals surface area contributed by atoms with Gasteiger partial charge in [-0.3, -0.25) is 9.59 Å². The van der Waals surface area contributed by atoms with Crippen LogP contribution >= 0.6 is 0 Å². The smallest absolute Gasteiger partial charge is 0.342 e. The van der Waals surface area contributed by atoms with Gasteiger partial charge in [-0.2, -0.15) is 13.2 Å². The molecule has 1 aromatic carbocycles. The lowest BCUT2D eigenvalue weighted by molar-refractivity contribution is -0.187. The average molecular weight is 408 g/mol. The van der Waals surface area contributed by atoms with Crippen LogP contribution < -0.4 is 0 Å². The number of rotatable bonds is 3. The first-order valence-corrected chi connectivity index (χ1v) is 10.5. The van der Waals surface area contributed by atoms with Gasteiger partial charge in [0, 0.05) is 19.1 Å². The van der Waals surface area contributed by atoms with Crippen LogP contribution in [0.5, 0.6) is 0 Å². The lowest BCUT2D eigenvalue weighted by Gasteiger charge is -2.61. The van der Waals surface area contributed by atoms with Crippen molar-refractivity contribution in [2.75, 3.05) is 13.1 Å². The highest BCUT2D eigenvalue weighted by Gasteiger charge is 2.62. The van der Waals surface area contributed by atoms with E-state index in [2.05, 4.69) is 12.1 Å². The quantitative estimate of drug-likeness (QED) is 0.693. The molecule has 2 amide bonds. The minimum Gasteiger partial charge on any atom is -0.342 e. The van der Waals surface area contributed by atoms with Gasteiger partial charge < -0.3 is 9.80 Å². The summed E-state index contributed by atoms with van der Waals surface area (Å²) in [6, 6.07) is 10.1. The van der Waals surface area contributed by atoms with E-state index in [4.69, 9.17) is 0 Å². The van der Waals surface area contributed by atoms with Crippen molar-refractivity contribution in [1.29, 1.82) is 0 Å². The Hall–Kier alpha value is -2.05. The normalized spacial score (nSPS) is 25.2. The highest BCUT2D eigenvalue weighted by atomic mass is 19.4. The molecule has 3 aliphatic rings. The molecule has 2 heterocycles. The first kappa shape index (κ1) is 20.2. The fraction of sp³-hybridized carbons (Fsp3) is 0.636. The van der Waals surface area contributed by atoms with Crippen molar-refractivity contribution in [1.82, 2.24) is 9.80 Å². The highest BCUT2D eigenvalue weighted by Crippen LogP contribution is 2.59. The molecule has 1 unspecified atom stereocenters. The van der Waals surface area contributed by atoms with Gasteiger partial charge in [0.2, 0.25) is 11.8 Å². The predicted molar refractivity (Wildman–Crippen MR) is 102 cm³/mol. The maximum Gasteiger partial charge on any atom is 0.397 e. The lowest BCUT2D eigenvalue weighted by Crippen LogP contribution is -2.67. The van der Waals surface area contributed by atoms with Crippen LogP contribution in [0.25, 0.3) is 0 Å². The van der Waals surface area contributed by atoms with Gasteiger partial charge >= 0.3 is 6.18 Å². The van der Waals surface area contributed by atoms with Crippen LogP contribution in [0.3, 0.4) is 0 Å². The van der Waals surface area contributed by atoms with E-state index in [9.17, 15) is 22.8 Å². The number of halogens is 3. The Morgan fingerprint density at radius 3 is 2.24 bits per heavy atom. The summed E-state index contributed by atoms with van der Waals surface area (Å²) in [7, 11) is 0. The van der Waals surface area contributed by atoms with Gasteiger partial charge in [-0.25, -0.2) is 0 Å². The third kappa shape index (κ3) is 3.76. The number of β-lactam (4-membered cyclic amide) rings is 1. The number of amides is 2. The fourth-order valence-corrected chi connectivity index (χ4v) is 5.53. The molecule has 0 radical (unpaired) electrons. The van der Waals surface area contributed by atoms with Gasteiger partial charge in [0.15, 0.2) is 0 Å². The molecular weight excluding hydrogens is 381 g/mol. The van der Waals surface area contributed by atoms with E-state index in [1.54, 1.807) is 0 Å². The third-order valence-electron chi connectivity index (χ3n) is 6.89. The third-order valence-corrected chi connectivity index (χ3v) is 6.89. The second-order valence-corrected chi connectivity index (χ2v) is 8.65. The number of carbonyl (C=O) groups is 2. The number of hydrogen-bond donors (Lipinski definition) is 0. The van der Waals surface area contributed by atoms with Gasteiger partial charge in [0.25, 0.3) is 0 Å². The van der Waals surface area contributed by atoms with Crippen LogP contribution in [0.1, 0.15) is 63.0 Å². The average Bonchev–Trinajstić information content (AvgIpc) is 2.71. The van der Waals surface area contributed by atoms with E-state index in [1.807, 2.05) is 23.1 Å². The Bertz CT molecular complexity index is 751. The van der Waals surface area contributed by atoms with E-state index >= 15 is 0 Å². The minimum atomic E-state index is -4.48. The summed E-state index contributed by atoms with van der Waals surface area (Å²) in [5.41, 5.74) is 0.827. The maximum atomic E-state index is 13.3. The molecule has 4 nitrogen and oxygen atoms in total. The Kier molecular flexibility index (Phi) is 5.34. The van der Waals surface area contributed by atoms with E-state index in [0.717, 1.165) is 37.7 Å². The molecule has 1 spiro atoms. The zero-order valence-electron chi connectivity index (χ0n) is 16.5. The molecule has 0 bridgehead atoms. The highest BCUT2D eigenvalue weighted by molar-refractivity contribution is 5.91. The number of piperidine rings is 1. The van der Waals surface area contributed by atoms with Gasteiger partial charge in [0.05, 0.1) is 11.5 Å². The van der Waals surface area contributed by atoms with Gasteiger partial charge in [-0.15, -0.1) is 0 Å². The van der Waals surface area contributed by atoms with Crippen molar-refractivity contribution >= 4 is 11.8 Å². The second-order valence-electron chi connectivity index (χ2n) is 8.65. The SMILES string of the molecule is O=C(CC(F)(F)F)N1CCC(N2C(=O)C3(CCCCC3)C2c2ccccc2)CC1. The van der Waals surface area contributed by atoms with E-state index < -0.39 is 18.5 Å². The number of hydrogen-bond acceptors (Lipinski definition) is 2. The van der Waals surface area contributed by atoms with Crippen LogP contribution in [0, 0.1) is 5.41 Å². The lowest BCUT2D eigenvalue weighted by atomic mass is 9.59. The van der Waals surface area contributed by atoms with Crippen molar-refractivity contribution in [2.24, 2.45) is 5.41 Å². The summed E-state index contributed by atoms with van der Waals surface area (Å²) in [5.74, 6) is -0.666. The molecule has 0 N–H and O–H groups in total. The summed E-state index contributed by atoms with van der Waals surface area (Å²) in [6.45, 7) is 0.551. The minimum absolute atomic E-state index is 0.0183. The number of alkyl halides is 3. The number of carbonyl (C=O) groups excluding carboxylic acids is 2. The molecule has 2 aliphatic heterocycles. The number of nitrogens with zero attached hydrogens (tertiary/aromatic N) is 2. The van der Waals surface area contributed by atoms with E-state index in [1.165, 1.54) is 4.90 Å². The zero-order valence-corrected chi connectivity index (χ0v) is 16.5. The van der Waals surface area contributed by atoms with Crippen molar-refractivity contribution in [3.63, 3.8) is 0 Å². The molecule has 29 heavy (non-hydrogen) atoms. The van der Waals surface area contributed by atoms with Gasteiger partial charge in [0.1, 0.15) is 6.42 Å². The Balaban J connectivity index is 1.48. The van der Waals surface area contributed by atoms with Crippen LogP contribution in [-0.2, 0) is 9.59 Å². The molecule has 1 saturated carbocycles. The number of benzene rings is 1. The molecule has 1 aromatic rings. The summed E-state index contributed by atoms with van der Waals surface area (Å²) < 4.78 is 37.6. The molecule has 7 heteroatoms. The number of likely N-dealkylation sites (tertiary alicyclic amines) is 2. The Morgan fingerprint density at radius 2 is 1.66 bits per heavy atom. The molecule has 3 fully saturated rings. The largest absolute Gasteiger partial charge is 0.397 e. The summed E-state index contributed by atoms with van der Waals surface area (Å²) in [5, 5.41) is 0. The van der Waals surface area contributed by atoms with Crippen molar-refractivity contribution in [2.45, 2.75) is 69.6 Å². The summed E-state index contributed by atoms with van der Waals surface area (Å²) >= 11 is 0. The van der Waals surface area contributed by atoms with Crippen molar-refractivity contribution in [3.8, 4) is 0 Å². The van der Waals surface area contributed by atoms with E-state index in [-0.39, 0.29) is 36.5 Å². The summed E-state index contributed by atoms with van der Waals surface area (Å²) in [4.78, 5) is 28.5. The zero-order chi connectivity index (χ0) is 20.6.